The van der Waals surface area contributed by atoms with Crippen LogP contribution in [0.25, 0.3) is 22.1 Å². The van der Waals surface area contributed by atoms with Gasteiger partial charge in [-0.15, -0.1) is 0 Å². The highest BCUT2D eigenvalue weighted by Gasteiger charge is 2.20. The van der Waals surface area contributed by atoms with E-state index in [4.69, 9.17) is 16.3 Å². The van der Waals surface area contributed by atoms with Crippen molar-refractivity contribution < 1.29 is 14.3 Å². The van der Waals surface area contributed by atoms with E-state index in [1.54, 1.807) is 60.6 Å². The van der Waals surface area contributed by atoms with Gasteiger partial charge in [-0.05, 0) is 56.6 Å². The minimum Gasteiger partial charge on any atom is -0.497 e. The summed E-state index contributed by atoms with van der Waals surface area (Å²) in [7, 11) is 3.79. The maximum atomic E-state index is 12.7. The van der Waals surface area contributed by atoms with Crippen LogP contribution in [0.15, 0.2) is 97.3 Å². The molecule has 0 spiro atoms. The fourth-order valence-corrected chi connectivity index (χ4v) is 6.25. The van der Waals surface area contributed by atoms with Crippen LogP contribution in [0.2, 0.25) is 5.15 Å². The zero-order valence-electron chi connectivity index (χ0n) is 29.2. The summed E-state index contributed by atoms with van der Waals surface area (Å²) >= 11 is 6.25. The van der Waals surface area contributed by atoms with Gasteiger partial charge in [-0.1, -0.05) is 84.4 Å². The number of piperidine rings is 1. The number of aromatic amines is 1. The summed E-state index contributed by atoms with van der Waals surface area (Å²) in [6.45, 7) is 3.61. The van der Waals surface area contributed by atoms with Gasteiger partial charge in [0.2, 0.25) is 23.2 Å². The summed E-state index contributed by atoms with van der Waals surface area (Å²) in [5.74, 6) is 1.83. The second-order valence-electron chi connectivity index (χ2n) is 12.8. The molecule has 53 heavy (non-hydrogen) atoms. The molecule has 1 aliphatic rings. The summed E-state index contributed by atoms with van der Waals surface area (Å²) in [6, 6.07) is 25.7. The van der Waals surface area contributed by atoms with Gasteiger partial charge in [0.1, 0.15) is 27.8 Å². The molecule has 1 aliphatic heterocycles. The third kappa shape index (κ3) is 8.37. The van der Waals surface area contributed by atoms with Gasteiger partial charge in [-0.25, -0.2) is 19.9 Å². The first-order valence-corrected chi connectivity index (χ1v) is 17.6. The average Bonchev–Trinajstić information content (AvgIpc) is 3.86. The van der Waals surface area contributed by atoms with Gasteiger partial charge in [0.15, 0.2) is 11.0 Å². The highest BCUT2D eigenvalue weighted by molar-refractivity contribution is 6.33. The van der Waals surface area contributed by atoms with E-state index in [-0.39, 0.29) is 28.4 Å². The summed E-state index contributed by atoms with van der Waals surface area (Å²) in [4.78, 5) is 45.0. The van der Waals surface area contributed by atoms with Crippen LogP contribution in [-0.2, 0) is 6.54 Å². The lowest BCUT2D eigenvalue weighted by molar-refractivity contribution is 0.102. The Bertz CT molecular complexity index is 2340. The first kappa shape index (κ1) is 35.4. The van der Waals surface area contributed by atoms with Crippen LogP contribution in [0.3, 0.4) is 0 Å². The van der Waals surface area contributed by atoms with Crippen molar-refractivity contribution in [1.29, 1.82) is 0 Å². The molecule has 5 heterocycles. The molecular weight excluding hydrogens is 692 g/mol. The minimum absolute atomic E-state index is 0.0581. The maximum Gasteiger partial charge on any atom is 0.230 e. The maximum absolute atomic E-state index is 12.7. The molecule has 0 atom stereocenters. The molecule has 0 radical (unpaired) electrons. The van der Waals surface area contributed by atoms with E-state index >= 15 is 0 Å². The van der Waals surface area contributed by atoms with Crippen LogP contribution in [0.4, 0.5) is 5.82 Å². The van der Waals surface area contributed by atoms with Crippen molar-refractivity contribution in [3.05, 3.63) is 131 Å². The Morgan fingerprint density at radius 1 is 0.849 bits per heavy atom. The van der Waals surface area contributed by atoms with E-state index < -0.39 is 0 Å². The average molecular weight is 729 g/mol. The third-order valence-corrected chi connectivity index (χ3v) is 9.31. The number of carbonyl (C=O) groups excluding carboxylic acids is 2. The molecule has 0 saturated carbocycles. The first-order valence-electron chi connectivity index (χ1n) is 17.2. The molecule has 8 rings (SSSR count). The van der Waals surface area contributed by atoms with Gasteiger partial charge in [0, 0.05) is 17.7 Å². The number of rotatable bonds is 10. The monoisotopic (exact) mass is 728 g/mol. The van der Waals surface area contributed by atoms with Gasteiger partial charge >= 0.3 is 0 Å². The van der Waals surface area contributed by atoms with E-state index in [9.17, 15) is 9.59 Å². The Hall–Kier alpha value is -6.05. The summed E-state index contributed by atoms with van der Waals surface area (Å²) in [5.41, 5.74) is 4.52. The molecule has 13 nitrogen and oxygen atoms in total. The fourth-order valence-electron chi connectivity index (χ4n) is 6.04. The van der Waals surface area contributed by atoms with Crippen molar-refractivity contribution in [2.24, 2.45) is 5.92 Å². The fraction of sp³-hybridized carbons (Fsp3) is 0.231. The van der Waals surface area contributed by atoms with E-state index in [2.05, 4.69) is 52.5 Å². The number of methoxy groups -OCH3 is 1. The summed E-state index contributed by atoms with van der Waals surface area (Å²) in [6.07, 6.45) is 5.71. The van der Waals surface area contributed by atoms with Crippen molar-refractivity contribution in [2.45, 2.75) is 19.4 Å². The van der Waals surface area contributed by atoms with Gasteiger partial charge in [-0.3, -0.25) is 19.4 Å². The Morgan fingerprint density at radius 2 is 1.47 bits per heavy atom. The number of benzene rings is 3. The SMILES string of the molecule is CN1CCC(CNc2nc(C(=O)c3ccccc3)nc3cn[nH]c23)CC1.COc1ccc(Cn2cc3nc(C(=O)c4ccccc4)nc(Cl)c3n2)cc1. The van der Waals surface area contributed by atoms with Gasteiger partial charge < -0.3 is 15.0 Å². The van der Waals surface area contributed by atoms with Gasteiger partial charge in [0.05, 0.1) is 26.0 Å². The smallest absolute Gasteiger partial charge is 0.230 e. The number of halogens is 1. The minimum atomic E-state index is -0.276. The molecule has 0 unspecified atom stereocenters. The number of H-pyrrole nitrogens is 1. The molecule has 0 aliphatic carbocycles. The number of likely N-dealkylation sites (tertiary alicyclic amines) is 1. The Kier molecular flexibility index (Phi) is 10.7. The van der Waals surface area contributed by atoms with Crippen LogP contribution in [-0.4, -0.2) is 90.2 Å². The van der Waals surface area contributed by atoms with E-state index in [0.29, 0.717) is 46.0 Å². The molecule has 7 aromatic rings. The quantitative estimate of drug-likeness (QED) is 0.124. The van der Waals surface area contributed by atoms with Crippen LogP contribution in [0.1, 0.15) is 50.8 Å². The predicted molar refractivity (Wildman–Crippen MR) is 203 cm³/mol. The largest absolute Gasteiger partial charge is 0.497 e. The van der Waals surface area contributed by atoms with Crippen LogP contribution in [0.5, 0.6) is 5.75 Å². The number of ether oxygens (including phenoxy) is 1. The summed E-state index contributed by atoms with van der Waals surface area (Å²) in [5, 5.41) is 15.0. The topological polar surface area (TPSA) is 157 Å². The number of fused-ring (bicyclic) bond motifs is 2. The highest BCUT2D eigenvalue weighted by atomic mass is 35.5. The second-order valence-corrected chi connectivity index (χ2v) is 13.1. The molecule has 1 fully saturated rings. The lowest BCUT2D eigenvalue weighted by Gasteiger charge is -2.29. The number of hydrogen-bond donors (Lipinski definition) is 2. The van der Waals surface area contributed by atoms with Crippen molar-refractivity contribution in [2.75, 3.05) is 39.1 Å². The molecule has 3 aromatic carbocycles. The molecule has 4 aromatic heterocycles. The van der Waals surface area contributed by atoms with E-state index in [1.807, 2.05) is 48.5 Å². The van der Waals surface area contributed by atoms with Crippen molar-refractivity contribution in [3.8, 4) is 5.75 Å². The van der Waals surface area contributed by atoms with Gasteiger partial charge in [0.25, 0.3) is 0 Å². The van der Waals surface area contributed by atoms with Crippen LogP contribution >= 0.6 is 11.6 Å². The van der Waals surface area contributed by atoms with E-state index in [1.165, 1.54) is 0 Å². The molecule has 1 saturated heterocycles. The number of anilines is 1. The van der Waals surface area contributed by atoms with Crippen LogP contribution < -0.4 is 10.1 Å². The Morgan fingerprint density at radius 3 is 2.11 bits per heavy atom. The second kappa shape index (κ2) is 16.1. The third-order valence-electron chi connectivity index (χ3n) is 9.05. The number of aromatic nitrogens is 8. The molecule has 2 N–H and O–H groups in total. The molecular formula is C39H37ClN10O3. The standard InChI is InChI=1S/C20H15ClN4O2.C19H22N6O/c1-27-15-9-7-13(8-10-15)11-25-12-16-17(24-25)19(21)23-20(22-16)18(26)14-5-3-2-4-6-14;1-25-9-7-13(8-10-25)11-20-18-16-15(12-21-24-16)22-19(23-18)17(26)14-5-3-2-4-6-14/h2-10,12H,11H2,1H3;2-6,12-13H,7-11H2,1H3,(H,21,24)(H,20,22,23). The molecule has 268 valence electrons. The number of hydrogen-bond acceptors (Lipinski definition) is 11. The highest BCUT2D eigenvalue weighted by Crippen LogP contribution is 2.23. The predicted octanol–water partition coefficient (Wildman–Crippen LogP) is 6.11. The number of nitrogens with one attached hydrogen (secondary N) is 2. The zero-order chi connectivity index (χ0) is 36.7. The van der Waals surface area contributed by atoms with Gasteiger partial charge in [-0.2, -0.15) is 10.2 Å². The zero-order valence-corrected chi connectivity index (χ0v) is 30.0. The Balaban J connectivity index is 0.000000164. The lowest BCUT2D eigenvalue weighted by Crippen LogP contribution is -2.33. The number of carbonyl (C=O) groups is 2. The summed E-state index contributed by atoms with van der Waals surface area (Å²) < 4.78 is 6.89. The molecule has 0 amide bonds. The van der Waals surface area contributed by atoms with Crippen molar-refractivity contribution in [3.63, 3.8) is 0 Å². The number of ketones is 2. The molecule has 14 heteroatoms. The first-order chi connectivity index (χ1) is 25.8. The van der Waals surface area contributed by atoms with Crippen molar-refractivity contribution >= 4 is 51.1 Å². The lowest BCUT2D eigenvalue weighted by atomic mass is 9.97. The molecule has 0 bridgehead atoms. The van der Waals surface area contributed by atoms with Crippen molar-refractivity contribution in [1.82, 2.24) is 44.8 Å². The van der Waals surface area contributed by atoms with Crippen LogP contribution in [0, 0.1) is 5.92 Å². The Labute approximate surface area is 310 Å². The van der Waals surface area contributed by atoms with E-state index in [0.717, 1.165) is 49.3 Å². The normalized spacial score (nSPS) is 13.4. The number of nitrogens with zero attached hydrogens (tertiary/aromatic N) is 8.